The summed E-state index contributed by atoms with van der Waals surface area (Å²) >= 11 is 7.76. The normalized spacial score (nSPS) is 42.2. The molecule has 4 aliphatic rings. The van der Waals surface area contributed by atoms with E-state index in [0.29, 0.717) is 59.4 Å². The average molecular weight is 564 g/mol. The number of nitrogens with one attached hydrogen (secondary N) is 1. The van der Waals surface area contributed by atoms with E-state index in [4.69, 9.17) is 16.3 Å². The van der Waals surface area contributed by atoms with Gasteiger partial charge in [0, 0.05) is 18.4 Å². The maximum atomic E-state index is 13.3. The Balaban J connectivity index is 1.27. The molecule has 4 nitrogen and oxygen atoms in total. The molecule has 0 bridgehead atoms. The molecule has 0 aliphatic heterocycles. The second kappa shape index (κ2) is 11.0. The number of carbonyl (C=O) groups excluding carboxylic acids is 1. The minimum atomic E-state index is -0.194. The molecule has 2 N–H and O–H groups in total. The van der Waals surface area contributed by atoms with Crippen LogP contribution < -0.4 is 5.32 Å². The van der Waals surface area contributed by atoms with Gasteiger partial charge in [0.2, 0.25) is 5.91 Å². The fourth-order valence-corrected chi connectivity index (χ4v) is 11.4. The van der Waals surface area contributed by atoms with Crippen LogP contribution in [-0.4, -0.2) is 30.3 Å². The van der Waals surface area contributed by atoms with Crippen molar-refractivity contribution in [3.8, 4) is 0 Å². The third-order valence-corrected chi connectivity index (χ3v) is 13.4. The predicted molar refractivity (Wildman–Crippen MR) is 156 cm³/mol. The first kappa shape index (κ1) is 28.9. The summed E-state index contributed by atoms with van der Waals surface area (Å²) in [6, 6.07) is 3.98. The lowest BCUT2D eigenvalue weighted by Crippen LogP contribution is -2.58. The van der Waals surface area contributed by atoms with Crippen molar-refractivity contribution in [2.45, 2.75) is 111 Å². The highest BCUT2D eigenvalue weighted by molar-refractivity contribution is 7.16. The molecule has 1 aromatic rings. The zero-order chi connectivity index (χ0) is 27.4. The van der Waals surface area contributed by atoms with Gasteiger partial charge in [-0.2, -0.15) is 0 Å². The molecule has 4 saturated carbocycles. The maximum absolute atomic E-state index is 13.3. The molecule has 214 valence electrons. The van der Waals surface area contributed by atoms with E-state index < -0.39 is 0 Å². The van der Waals surface area contributed by atoms with E-state index in [1.54, 1.807) is 11.3 Å². The van der Waals surface area contributed by atoms with Crippen LogP contribution in [0.2, 0.25) is 4.34 Å². The van der Waals surface area contributed by atoms with Crippen molar-refractivity contribution >= 4 is 28.8 Å². The number of halogens is 1. The van der Waals surface area contributed by atoms with Crippen LogP contribution in [0.1, 0.15) is 103 Å². The largest absolute Gasteiger partial charge is 0.393 e. The molecular formula is C32H50ClNO3S. The summed E-state index contributed by atoms with van der Waals surface area (Å²) in [5.41, 5.74) is 0.549. The van der Waals surface area contributed by atoms with Crippen molar-refractivity contribution in [1.29, 1.82) is 0 Å². The Kier molecular flexibility index (Phi) is 8.35. The minimum Gasteiger partial charge on any atom is -0.393 e. The Bertz CT molecular complexity index is 997. The number of hydrogen-bond donors (Lipinski definition) is 2. The molecule has 5 rings (SSSR count). The molecule has 0 spiro atoms. The van der Waals surface area contributed by atoms with Crippen LogP contribution in [0.15, 0.2) is 12.1 Å². The minimum absolute atomic E-state index is 0.00817. The Morgan fingerprint density at radius 3 is 2.47 bits per heavy atom. The third kappa shape index (κ3) is 5.01. The van der Waals surface area contributed by atoms with E-state index >= 15 is 0 Å². The van der Waals surface area contributed by atoms with Crippen molar-refractivity contribution in [3.63, 3.8) is 0 Å². The van der Waals surface area contributed by atoms with Gasteiger partial charge in [-0.3, -0.25) is 4.79 Å². The number of aliphatic hydroxyl groups excluding tert-OH is 1. The first-order valence-electron chi connectivity index (χ1n) is 15.2. The van der Waals surface area contributed by atoms with Gasteiger partial charge in [-0.15, -0.1) is 11.3 Å². The molecule has 11 atom stereocenters. The van der Waals surface area contributed by atoms with Crippen molar-refractivity contribution in [2.75, 3.05) is 7.11 Å². The summed E-state index contributed by atoms with van der Waals surface area (Å²) in [5.74, 6) is 3.52. The first-order chi connectivity index (χ1) is 18.0. The zero-order valence-electron chi connectivity index (χ0n) is 24.3. The summed E-state index contributed by atoms with van der Waals surface area (Å²) in [4.78, 5) is 14.4. The highest BCUT2D eigenvalue weighted by atomic mass is 35.5. The molecule has 1 aromatic heterocycles. The van der Waals surface area contributed by atoms with Gasteiger partial charge >= 0.3 is 0 Å². The number of rotatable bonds is 7. The van der Waals surface area contributed by atoms with Crippen LogP contribution in [0.5, 0.6) is 0 Å². The predicted octanol–water partition coefficient (Wildman–Crippen LogP) is 7.89. The zero-order valence-corrected chi connectivity index (χ0v) is 25.9. The lowest BCUT2D eigenvalue weighted by Gasteiger charge is -2.62. The van der Waals surface area contributed by atoms with Crippen LogP contribution in [0, 0.1) is 52.3 Å². The van der Waals surface area contributed by atoms with Crippen molar-refractivity contribution in [3.05, 3.63) is 21.3 Å². The summed E-state index contributed by atoms with van der Waals surface area (Å²) in [7, 11) is 1.85. The van der Waals surface area contributed by atoms with Gasteiger partial charge in [-0.1, -0.05) is 46.2 Å². The Morgan fingerprint density at radius 2 is 1.82 bits per heavy atom. The van der Waals surface area contributed by atoms with Gasteiger partial charge in [0.25, 0.3) is 0 Å². The van der Waals surface area contributed by atoms with E-state index in [9.17, 15) is 9.90 Å². The van der Waals surface area contributed by atoms with Crippen LogP contribution in [0.25, 0.3) is 0 Å². The van der Waals surface area contributed by atoms with E-state index in [0.717, 1.165) is 28.5 Å². The fourth-order valence-electron chi connectivity index (χ4n) is 10.1. The Labute approximate surface area is 239 Å². The summed E-state index contributed by atoms with van der Waals surface area (Å²) in [6.07, 6.45) is 10.0. The summed E-state index contributed by atoms with van der Waals surface area (Å²) in [6.45, 7) is 11.7. The number of aliphatic hydroxyl groups is 1. The molecule has 6 heteroatoms. The molecular weight excluding hydrogens is 514 g/mol. The fraction of sp³-hybridized carbons (Fsp3) is 0.844. The molecule has 0 aromatic carbocycles. The van der Waals surface area contributed by atoms with Gasteiger partial charge in [0.1, 0.15) is 0 Å². The summed E-state index contributed by atoms with van der Waals surface area (Å²) in [5, 5.41) is 14.9. The highest BCUT2D eigenvalue weighted by Crippen LogP contribution is 2.68. The second-order valence-electron chi connectivity index (χ2n) is 14.3. The van der Waals surface area contributed by atoms with Gasteiger partial charge in [0.15, 0.2) is 0 Å². The number of ether oxygens (including phenoxy) is 1. The van der Waals surface area contributed by atoms with Crippen molar-refractivity contribution < 1.29 is 14.6 Å². The van der Waals surface area contributed by atoms with Gasteiger partial charge < -0.3 is 15.2 Å². The molecule has 38 heavy (non-hydrogen) atoms. The standard InChI is InChI=1S/C32H50ClNO3S/c1-18(2)30(26-9-10-27(33)38-26)34-28(36)15-19(3)22-7-8-23-29-24(12-14-32(22,23)5)31(4)13-11-21(37-6)16-20(31)17-25(29)35/h9-10,18-25,29-30,35H,7-8,11-17H2,1-6H3,(H,34,36)/t19-,20+,21-,22-,23+,24+,25-,29+,30-,31+,32-/m1/s1. The smallest absolute Gasteiger partial charge is 0.220 e. The quantitative estimate of drug-likeness (QED) is 0.354. The molecule has 0 unspecified atom stereocenters. The summed E-state index contributed by atoms with van der Waals surface area (Å²) < 4.78 is 6.53. The SMILES string of the molecule is CO[C@@H]1CC[C@@]2(C)[C@@H](C1)C[C@@H](O)[C@@H]1[C@@H]2CC[C@]2(C)[C@@H]([C@H](C)CC(=O)N[C@@H](c3ccc(Cl)s3)C(C)C)CC[C@@H]12. The molecule has 1 amide bonds. The number of carbonyl (C=O) groups is 1. The lowest BCUT2D eigenvalue weighted by atomic mass is 9.43. The number of amides is 1. The average Bonchev–Trinajstić information content (AvgIpc) is 3.45. The molecule has 4 aliphatic carbocycles. The van der Waals surface area contributed by atoms with Crippen molar-refractivity contribution in [2.24, 2.45) is 52.3 Å². The van der Waals surface area contributed by atoms with Gasteiger partial charge in [-0.25, -0.2) is 0 Å². The molecule has 0 radical (unpaired) electrons. The maximum Gasteiger partial charge on any atom is 0.220 e. The number of methoxy groups -OCH3 is 1. The Hall–Kier alpha value is -0.620. The van der Waals surface area contributed by atoms with E-state index in [2.05, 4.69) is 39.9 Å². The van der Waals surface area contributed by atoms with E-state index in [-0.39, 0.29) is 23.5 Å². The van der Waals surface area contributed by atoms with Crippen molar-refractivity contribution in [1.82, 2.24) is 5.32 Å². The molecule has 1 heterocycles. The van der Waals surface area contributed by atoms with Gasteiger partial charge in [-0.05, 0) is 116 Å². The number of fused-ring (bicyclic) bond motifs is 5. The van der Waals surface area contributed by atoms with Gasteiger partial charge in [0.05, 0.1) is 22.6 Å². The second-order valence-corrected chi connectivity index (χ2v) is 16.0. The van der Waals surface area contributed by atoms with E-state index in [1.165, 1.54) is 32.1 Å². The number of hydrogen-bond acceptors (Lipinski definition) is 4. The number of thiophene rings is 1. The third-order valence-electron chi connectivity index (χ3n) is 12.1. The monoisotopic (exact) mass is 563 g/mol. The Morgan fingerprint density at radius 1 is 1.11 bits per heavy atom. The van der Waals surface area contributed by atoms with Crippen LogP contribution in [0.4, 0.5) is 0 Å². The molecule has 4 fully saturated rings. The topological polar surface area (TPSA) is 58.6 Å². The first-order valence-corrected chi connectivity index (χ1v) is 16.4. The lowest BCUT2D eigenvalue weighted by molar-refractivity contribution is -0.176. The van der Waals surface area contributed by atoms with Crippen LogP contribution in [0.3, 0.4) is 0 Å². The van der Waals surface area contributed by atoms with E-state index in [1.807, 2.05) is 19.2 Å². The van der Waals surface area contributed by atoms with Crippen LogP contribution in [-0.2, 0) is 9.53 Å². The van der Waals surface area contributed by atoms with Crippen LogP contribution >= 0.6 is 22.9 Å². The molecule has 0 saturated heterocycles. The highest BCUT2D eigenvalue weighted by Gasteiger charge is 2.63.